The van der Waals surface area contributed by atoms with E-state index in [4.69, 9.17) is 19.9 Å². The Hall–Kier alpha value is -2.00. The predicted octanol–water partition coefficient (Wildman–Crippen LogP) is 4.24. The third kappa shape index (κ3) is 8.91. The van der Waals surface area contributed by atoms with E-state index in [9.17, 15) is 0 Å². The summed E-state index contributed by atoms with van der Waals surface area (Å²) in [5.74, 6) is 1.78. The Kier molecular flexibility index (Phi) is 10.2. The van der Waals surface area contributed by atoms with Crippen molar-refractivity contribution < 1.29 is 14.2 Å². The maximum Gasteiger partial charge on any atom is 0.189 e. The summed E-state index contributed by atoms with van der Waals surface area (Å²) in [5.41, 5.74) is 9.09. The zero-order chi connectivity index (χ0) is 20.6. The van der Waals surface area contributed by atoms with Gasteiger partial charge in [-0.15, -0.1) is 24.0 Å². The summed E-state index contributed by atoms with van der Waals surface area (Å²) < 4.78 is 16.4. The van der Waals surface area contributed by atoms with Gasteiger partial charge in [0.05, 0.1) is 33.0 Å². The van der Waals surface area contributed by atoms with Crippen molar-refractivity contribution in [3.05, 3.63) is 59.2 Å². The van der Waals surface area contributed by atoms with Crippen molar-refractivity contribution in [2.75, 3.05) is 14.2 Å². The summed E-state index contributed by atoms with van der Waals surface area (Å²) in [6.45, 7) is 7.78. The minimum atomic E-state index is -0.160. The number of ether oxygens (including phenoxy) is 3. The fourth-order valence-corrected chi connectivity index (χ4v) is 2.53. The first-order chi connectivity index (χ1) is 13.3. The fourth-order valence-electron chi connectivity index (χ4n) is 2.53. The standard InChI is InChI=1S/C22H31N3O3.HI/c1-22(2,3)28-15-18-8-6-7-16(11-18)13-24-21(23)25-14-17-9-10-19(26-4)20(12-17)27-5;/h6-12H,13-15H2,1-5H3,(H3,23,24,25);1H. The highest BCUT2D eigenvalue weighted by molar-refractivity contribution is 14.0. The Bertz CT molecular complexity index is 804. The van der Waals surface area contributed by atoms with E-state index >= 15 is 0 Å². The average molecular weight is 513 g/mol. The summed E-state index contributed by atoms with van der Waals surface area (Å²) in [7, 11) is 3.23. The van der Waals surface area contributed by atoms with Crippen LogP contribution in [0.25, 0.3) is 0 Å². The first kappa shape index (κ1) is 25.0. The molecule has 2 aromatic rings. The van der Waals surface area contributed by atoms with Gasteiger partial charge in [0, 0.05) is 6.54 Å². The van der Waals surface area contributed by atoms with Gasteiger partial charge in [-0.2, -0.15) is 0 Å². The van der Waals surface area contributed by atoms with Crippen LogP contribution in [0, 0.1) is 0 Å². The van der Waals surface area contributed by atoms with Crippen LogP contribution in [-0.4, -0.2) is 25.8 Å². The molecule has 6 nitrogen and oxygen atoms in total. The molecule has 0 unspecified atom stereocenters. The number of nitrogens with zero attached hydrogens (tertiary/aromatic N) is 1. The highest BCUT2D eigenvalue weighted by atomic mass is 127. The van der Waals surface area contributed by atoms with Crippen LogP contribution in [0.15, 0.2) is 47.5 Å². The normalized spacial score (nSPS) is 11.6. The lowest BCUT2D eigenvalue weighted by atomic mass is 10.1. The molecule has 0 saturated heterocycles. The minimum absolute atomic E-state index is 0. The quantitative estimate of drug-likeness (QED) is 0.314. The molecule has 0 atom stereocenters. The fraction of sp³-hybridized carbons (Fsp3) is 0.409. The Labute approximate surface area is 190 Å². The van der Waals surface area contributed by atoms with E-state index in [-0.39, 0.29) is 29.6 Å². The molecule has 0 saturated carbocycles. The summed E-state index contributed by atoms with van der Waals surface area (Å²) >= 11 is 0. The van der Waals surface area contributed by atoms with Crippen LogP contribution in [0.5, 0.6) is 11.5 Å². The number of nitrogens with one attached hydrogen (secondary N) is 1. The lowest BCUT2D eigenvalue weighted by Gasteiger charge is -2.19. The summed E-state index contributed by atoms with van der Waals surface area (Å²) in [6, 6.07) is 13.9. The van der Waals surface area contributed by atoms with E-state index in [2.05, 4.69) is 22.4 Å². The number of guanidine groups is 1. The SMILES string of the molecule is COc1ccc(CNC(N)=NCc2cccc(COC(C)(C)C)c2)cc1OC.I. The second kappa shape index (κ2) is 11.9. The molecule has 3 N–H and O–H groups in total. The van der Waals surface area contributed by atoms with Crippen LogP contribution in [-0.2, 0) is 24.4 Å². The number of hydrogen-bond donors (Lipinski definition) is 2. The van der Waals surface area contributed by atoms with Gasteiger partial charge in [0.15, 0.2) is 17.5 Å². The van der Waals surface area contributed by atoms with Gasteiger partial charge >= 0.3 is 0 Å². The largest absolute Gasteiger partial charge is 0.493 e. The number of benzene rings is 2. The highest BCUT2D eigenvalue weighted by Crippen LogP contribution is 2.27. The molecule has 0 spiro atoms. The first-order valence-corrected chi connectivity index (χ1v) is 9.27. The van der Waals surface area contributed by atoms with Gasteiger partial charge in [0.2, 0.25) is 0 Å². The van der Waals surface area contributed by atoms with Gasteiger partial charge in [-0.05, 0) is 49.6 Å². The van der Waals surface area contributed by atoms with Gasteiger partial charge in [-0.25, -0.2) is 4.99 Å². The number of aliphatic imine (C=N–C) groups is 1. The van der Waals surface area contributed by atoms with Crippen molar-refractivity contribution in [1.82, 2.24) is 5.32 Å². The second-order valence-corrected chi connectivity index (χ2v) is 7.47. The lowest BCUT2D eigenvalue weighted by Crippen LogP contribution is -2.31. The van der Waals surface area contributed by atoms with Crippen molar-refractivity contribution in [2.45, 2.75) is 46.1 Å². The van der Waals surface area contributed by atoms with E-state index in [1.54, 1.807) is 14.2 Å². The molecule has 2 rings (SSSR count). The first-order valence-electron chi connectivity index (χ1n) is 9.27. The van der Waals surface area contributed by atoms with Crippen molar-refractivity contribution >= 4 is 29.9 Å². The number of halogens is 1. The third-order valence-corrected chi connectivity index (χ3v) is 4.02. The number of hydrogen-bond acceptors (Lipinski definition) is 4. The molecule has 160 valence electrons. The van der Waals surface area contributed by atoms with Gasteiger partial charge < -0.3 is 25.3 Å². The smallest absolute Gasteiger partial charge is 0.189 e. The Morgan fingerprint density at radius 2 is 1.66 bits per heavy atom. The molecule has 0 heterocycles. The molecule has 0 radical (unpaired) electrons. The van der Waals surface area contributed by atoms with E-state index in [0.29, 0.717) is 37.2 Å². The molecule has 0 aliphatic heterocycles. The van der Waals surface area contributed by atoms with Crippen LogP contribution in [0.4, 0.5) is 0 Å². The maximum atomic E-state index is 6.01. The zero-order valence-corrected chi connectivity index (χ0v) is 20.2. The Balaban J connectivity index is 0.00000420. The molecule has 0 aliphatic carbocycles. The number of methoxy groups -OCH3 is 2. The van der Waals surface area contributed by atoms with Crippen molar-refractivity contribution in [1.29, 1.82) is 0 Å². The second-order valence-electron chi connectivity index (χ2n) is 7.47. The van der Waals surface area contributed by atoms with Crippen molar-refractivity contribution in [3.63, 3.8) is 0 Å². The van der Waals surface area contributed by atoms with Crippen molar-refractivity contribution in [2.24, 2.45) is 10.7 Å². The molecule has 0 amide bonds. The van der Waals surface area contributed by atoms with E-state index in [0.717, 1.165) is 16.7 Å². The molecule has 2 aromatic carbocycles. The highest BCUT2D eigenvalue weighted by Gasteiger charge is 2.10. The summed E-state index contributed by atoms with van der Waals surface area (Å²) in [4.78, 5) is 4.42. The van der Waals surface area contributed by atoms with Crippen LogP contribution in [0.2, 0.25) is 0 Å². The number of rotatable bonds is 8. The zero-order valence-electron chi connectivity index (χ0n) is 17.8. The molecular formula is C22H32IN3O3. The van der Waals surface area contributed by atoms with Crippen LogP contribution >= 0.6 is 24.0 Å². The molecule has 0 bridgehead atoms. The molecule has 0 aliphatic rings. The van der Waals surface area contributed by atoms with Crippen LogP contribution in [0.1, 0.15) is 37.5 Å². The molecular weight excluding hydrogens is 481 g/mol. The summed E-state index contributed by atoms with van der Waals surface area (Å²) in [6.07, 6.45) is 0. The predicted molar refractivity (Wildman–Crippen MR) is 128 cm³/mol. The molecule has 7 heteroatoms. The lowest BCUT2D eigenvalue weighted by molar-refractivity contribution is -0.0149. The Morgan fingerprint density at radius 3 is 2.31 bits per heavy atom. The van der Waals surface area contributed by atoms with Gasteiger partial charge in [0.1, 0.15) is 0 Å². The van der Waals surface area contributed by atoms with E-state index in [1.165, 1.54) is 0 Å². The van der Waals surface area contributed by atoms with E-state index in [1.807, 2.05) is 51.1 Å². The van der Waals surface area contributed by atoms with Gasteiger partial charge in [-0.1, -0.05) is 30.3 Å². The van der Waals surface area contributed by atoms with Gasteiger partial charge in [0.25, 0.3) is 0 Å². The Morgan fingerprint density at radius 1 is 0.966 bits per heavy atom. The van der Waals surface area contributed by atoms with Crippen LogP contribution < -0.4 is 20.5 Å². The van der Waals surface area contributed by atoms with E-state index < -0.39 is 0 Å². The minimum Gasteiger partial charge on any atom is -0.493 e. The molecule has 0 fully saturated rings. The average Bonchev–Trinajstić information content (AvgIpc) is 2.68. The molecule has 29 heavy (non-hydrogen) atoms. The monoisotopic (exact) mass is 513 g/mol. The molecule has 0 aromatic heterocycles. The number of nitrogens with two attached hydrogens (primary N) is 1. The van der Waals surface area contributed by atoms with Crippen LogP contribution in [0.3, 0.4) is 0 Å². The topological polar surface area (TPSA) is 78.1 Å². The third-order valence-electron chi connectivity index (χ3n) is 4.02. The summed E-state index contributed by atoms with van der Waals surface area (Å²) in [5, 5.41) is 3.12. The maximum absolute atomic E-state index is 6.01. The van der Waals surface area contributed by atoms with Gasteiger partial charge in [-0.3, -0.25) is 0 Å². The van der Waals surface area contributed by atoms with Crippen molar-refractivity contribution in [3.8, 4) is 11.5 Å².